The third-order valence-electron chi connectivity index (χ3n) is 6.22. The summed E-state index contributed by atoms with van der Waals surface area (Å²) >= 11 is 6.20. The van der Waals surface area contributed by atoms with Crippen LogP contribution in [-0.2, 0) is 0 Å². The molecule has 3 heterocycles. The van der Waals surface area contributed by atoms with Crippen LogP contribution in [0.1, 0.15) is 28.8 Å². The van der Waals surface area contributed by atoms with Crippen LogP contribution in [0.25, 0.3) is 11.0 Å². The number of carbonyl (C=O) groups is 1. The lowest BCUT2D eigenvalue weighted by Gasteiger charge is -2.60. The van der Waals surface area contributed by atoms with E-state index in [2.05, 4.69) is 26.9 Å². The van der Waals surface area contributed by atoms with Gasteiger partial charge in [-0.3, -0.25) is 4.79 Å². The van der Waals surface area contributed by atoms with Gasteiger partial charge in [-0.2, -0.15) is 5.26 Å². The van der Waals surface area contributed by atoms with Crippen molar-refractivity contribution in [2.45, 2.75) is 18.9 Å². The van der Waals surface area contributed by atoms with Crippen molar-refractivity contribution in [3.8, 4) is 6.07 Å². The third kappa shape index (κ3) is 2.83. The minimum absolute atomic E-state index is 0.0632. The molecule has 2 fully saturated rings. The molecule has 8 heteroatoms. The Morgan fingerprint density at radius 2 is 2.14 bits per heavy atom. The Labute approximate surface area is 172 Å². The molecule has 5 rings (SSSR count). The van der Waals surface area contributed by atoms with Crippen LogP contribution in [0, 0.1) is 16.7 Å². The Hall–Kier alpha value is -3.11. The van der Waals surface area contributed by atoms with Crippen molar-refractivity contribution in [3.63, 3.8) is 0 Å². The van der Waals surface area contributed by atoms with E-state index in [1.807, 2.05) is 23.2 Å². The van der Waals surface area contributed by atoms with Gasteiger partial charge < -0.3 is 14.8 Å². The van der Waals surface area contributed by atoms with Gasteiger partial charge in [0.15, 0.2) is 0 Å². The molecule has 7 nitrogen and oxygen atoms in total. The highest BCUT2D eigenvalue weighted by Gasteiger charge is 2.55. The van der Waals surface area contributed by atoms with Crippen LogP contribution in [0.15, 0.2) is 36.8 Å². The molecule has 3 aromatic rings. The van der Waals surface area contributed by atoms with Gasteiger partial charge in [-0.15, -0.1) is 0 Å². The molecule has 1 aromatic carbocycles. The summed E-state index contributed by atoms with van der Waals surface area (Å²) in [5, 5.41) is 10.3. The number of aromatic amines is 1. The zero-order valence-electron chi connectivity index (χ0n) is 15.9. The van der Waals surface area contributed by atoms with E-state index in [-0.39, 0.29) is 11.3 Å². The number of likely N-dealkylation sites (tertiary alicyclic amines) is 1. The fourth-order valence-electron chi connectivity index (χ4n) is 4.62. The molecule has 146 valence electrons. The lowest BCUT2D eigenvalue weighted by molar-refractivity contribution is -0.0541. The second-order valence-corrected chi connectivity index (χ2v) is 8.49. The summed E-state index contributed by atoms with van der Waals surface area (Å²) in [4.78, 5) is 28.7. The highest BCUT2D eigenvalue weighted by Crippen LogP contribution is 2.51. The predicted molar refractivity (Wildman–Crippen MR) is 110 cm³/mol. The SMILES string of the molecule is CN(c1ncnc2[nH]ccc12)C1CC2(C1)CN(C(=O)c1ccc(C#N)cc1Cl)C2. The molecule has 1 N–H and O–H groups in total. The van der Waals surface area contributed by atoms with Crippen molar-refractivity contribution >= 4 is 34.4 Å². The Kier molecular flexibility index (Phi) is 4.00. The molecule has 0 unspecified atom stereocenters. The van der Waals surface area contributed by atoms with Gasteiger partial charge in [0.1, 0.15) is 17.8 Å². The number of aromatic nitrogens is 3. The first kappa shape index (κ1) is 18.0. The number of carbonyl (C=O) groups excluding carboxylic acids is 1. The molecule has 1 amide bonds. The van der Waals surface area contributed by atoms with Crippen molar-refractivity contribution in [1.29, 1.82) is 5.26 Å². The van der Waals surface area contributed by atoms with Crippen LogP contribution in [0.3, 0.4) is 0 Å². The minimum atomic E-state index is -0.0632. The average Bonchev–Trinajstić information content (AvgIpc) is 3.14. The highest BCUT2D eigenvalue weighted by molar-refractivity contribution is 6.34. The third-order valence-corrected chi connectivity index (χ3v) is 6.53. The predicted octanol–water partition coefficient (Wildman–Crippen LogP) is 3.22. The van der Waals surface area contributed by atoms with Gasteiger partial charge in [-0.25, -0.2) is 9.97 Å². The lowest BCUT2D eigenvalue weighted by atomic mass is 9.60. The number of halogens is 1. The first-order valence-electron chi connectivity index (χ1n) is 9.49. The molecular weight excluding hydrogens is 388 g/mol. The molecule has 1 saturated heterocycles. The van der Waals surface area contributed by atoms with Gasteiger partial charge in [0.2, 0.25) is 0 Å². The Morgan fingerprint density at radius 3 is 2.86 bits per heavy atom. The van der Waals surface area contributed by atoms with Crippen molar-refractivity contribution in [2.75, 3.05) is 25.0 Å². The van der Waals surface area contributed by atoms with Crippen molar-refractivity contribution in [1.82, 2.24) is 19.9 Å². The number of benzene rings is 1. The Morgan fingerprint density at radius 1 is 1.34 bits per heavy atom. The van der Waals surface area contributed by atoms with E-state index >= 15 is 0 Å². The molecule has 0 bridgehead atoms. The molecule has 29 heavy (non-hydrogen) atoms. The molecule has 1 aliphatic heterocycles. The summed E-state index contributed by atoms with van der Waals surface area (Å²) in [6.07, 6.45) is 5.53. The molecule has 2 aliphatic rings. The number of amides is 1. The largest absolute Gasteiger partial charge is 0.356 e. The van der Waals surface area contributed by atoms with Crippen molar-refractivity contribution in [3.05, 3.63) is 52.9 Å². The van der Waals surface area contributed by atoms with Crippen LogP contribution in [0.4, 0.5) is 5.82 Å². The number of anilines is 1. The summed E-state index contributed by atoms with van der Waals surface area (Å²) in [6.45, 7) is 1.49. The number of hydrogen-bond donors (Lipinski definition) is 1. The maximum absolute atomic E-state index is 12.8. The van der Waals surface area contributed by atoms with Gasteiger partial charge in [-0.1, -0.05) is 11.6 Å². The standard InChI is InChI=1S/C21H19ClN6O/c1-27(19-16-4-5-24-18(16)25-12-26-19)14-7-21(8-14)10-28(11-21)20(29)15-3-2-13(9-23)6-17(15)22/h2-6,12,14H,7-8,10-11H2,1H3,(H,24,25,26). The summed E-state index contributed by atoms with van der Waals surface area (Å²) in [5.74, 6) is 0.875. The zero-order valence-corrected chi connectivity index (χ0v) is 16.6. The molecule has 1 aliphatic carbocycles. The normalized spacial score (nSPS) is 17.6. The van der Waals surface area contributed by atoms with Crippen LogP contribution >= 0.6 is 11.6 Å². The van der Waals surface area contributed by atoms with Crippen molar-refractivity contribution < 1.29 is 4.79 Å². The fraction of sp³-hybridized carbons (Fsp3) is 0.333. The first-order valence-corrected chi connectivity index (χ1v) is 9.87. The molecule has 0 radical (unpaired) electrons. The van der Waals surface area contributed by atoms with Gasteiger partial charge in [0.05, 0.1) is 27.6 Å². The van der Waals surface area contributed by atoms with E-state index in [0.29, 0.717) is 22.2 Å². The number of fused-ring (bicyclic) bond motifs is 1. The van der Waals surface area contributed by atoms with Crippen LogP contribution in [0.5, 0.6) is 0 Å². The van der Waals surface area contributed by atoms with Gasteiger partial charge >= 0.3 is 0 Å². The number of rotatable bonds is 3. The van der Waals surface area contributed by atoms with Gasteiger partial charge in [-0.05, 0) is 37.1 Å². The average molecular weight is 407 g/mol. The maximum Gasteiger partial charge on any atom is 0.255 e. The smallest absolute Gasteiger partial charge is 0.255 e. The summed E-state index contributed by atoms with van der Waals surface area (Å²) in [6, 6.07) is 9.25. The van der Waals surface area contributed by atoms with Crippen LogP contribution in [0.2, 0.25) is 5.02 Å². The van der Waals surface area contributed by atoms with E-state index < -0.39 is 0 Å². The van der Waals surface area contributed by atoms with Gasteiger partial charge in [0, 0.05) is 37.8 Å². The number of nitrogens with zero attached hydrogens (tertiary/aromatic N) is 5. The fourth-order valence-corrected chi connectivity index (χ4v) is 4.88. The molecule has 2 aromatic heterocycles. The lowest BCUT2D eigenvalue weighted by Crippen LogP contribution is -2.67. The van der Waals surface area contributed by atoms with Gasteiger partial charge in [0.25, 0.3) is 5.91 Å². The highest BCUT2D eigenvalue weighted by atomic mass is 35.5. The number of nitrogens with one attached hydrogen (secondary N) is 1. The first-order chi connectivity index (χ1) is 14.0. The van der Waals surface area contributed by atoms with E-state index in [1.165, 1.54) is 0 Å². The number of nitriles is 1. The molecule has 1 spiro atoms. The van der Waals surface area contributed by atoms with E-state index in [1.54, 1.807) is 24.5 Å². The van der Waals surface area contributed by atoms with E-state index in [9.17, 15) is 4.79 Å². The number of H-pyrrole nitrogens is 1. The Balaban J connectivity index is 1.23. The van der Waals surface area contributed by atoms with Crippen LogP contribution in [-0.4, -0.2) is 51.9 Å². The summed E-state index contributed by atoms with van der Waals surface area (Å²) < 4.78 is 0. The summed E-state index contributed by atoms with van der Waals surface area (Å²) in [5.41, 5.74) is 1.95. The van der Waals surface area contributed by atoms with Crippen LogP contribution < -0.4 is 4.90 Å². The van der Waals surface area contributed by atoms with E-state index in [4.69, 9.17) is 16.9 Å². The quantitative estimate of drug-likeness (QED) is 0.721. The van der Waals surface area contributed by atoms with E-state index in [0.717, 1.165) is 42.8 Å². The topological polar surface area (TPSA) is 88.9 Å². The monoisotopic (exact) mass is 406 g/mol. The number of hydrogen-bond acceptors (Lipinski definition) is 5. The van der Waals surface area contributed by atoms with Crippen molar-refractivity contribution in [2.24, 2.45) is 5.41 Å². The summed E-state index contributed by atoms with van der Waals surface area (Å²) in [7, 11) is 2.07. The molecule has 0 atom stereocenters. The Bertz CT molecular complexity index is 1150. The zero-order chi connectivity index (χ0) is 20.2. The minimum Gasteiger partial charge on any atom is -0.356 e. The molecular formula is C21H19ClN6O. The second kappa shape index (κ2) is 6.46. The maximum atomic E-state index is 12.8. The molecule has 1 saturated carbocycles. The second-order valence-electron chi connectivity index (χ2n) is 8.08.